The van der Waals surface area contributed by atoms with Crippen LogP contribution in [-0.2, 0) is 9.53 Å². The van der Waals surface area contributed by atoms with Gasteiger partial charge in [0.05, 0.1) is 6.61 Å². The first-order valence-electron chi connectivity index (χ1n) is 8.31. The molecule has 0 aromatic heterocycles. The molecule has 0 aliphatic rings. The Balaban J connectivity index is 1.96. The van der Waals surface area contributed by atoms with E-state index in [2.05, 4.69) is 5.32 Å². The molecule has 1 atom stereocenters. The Labute approximate surface area is 148 Å². The van der Waals surface area contributed by atoms with Crippen LogP contribution in [0.2, 0.25) is 0 Å². The highest BCUT2D eigenvalue weighted by Gasteiger charge is 2.16. The molecule has 2 rings (SSSR count). The van der Waals surface area contributed by atoms with E-state index in [0.717, 1.165) is 17.7 Å². The predicted molar refractivity (Wildman–Crippen MR) is 96.9 cm³/mol. The van der Waals surface area contributed by atoms with Crippen molar-refractivity contribution in [3.63, 3.8) is 0 Å². The van der Waals surface area contributed by atoms with E-state index in [1.165, 1.54) is 0 Å². The van der Waals surface area contributed by atoms with Crippen molar-refractivity contribution in [2.45, 2.75) is 33.3 Å². The highest BCUT2D eigenvalue weighted by molar-refractivity contribution is 6.04. The number of hydrogen-bond acceptors (Lipinski definition) is 4. The molecule has 5 heteroatoms. The minimum atomic E-state index is -0.696. The van der Waals surface area contributed by atoms with Gasteiger partial charge >= 0.3 is 5.97 Å². The summed E-state index contributed by atoms with van der Waals surface area (Å²) in [6, 6.07) is 14.2. The second kappa shape index (κ2) is 8.87. The Morgan fingerprint density at radius 2 is 1.76 bits per heavy atom. The van der Waals surface area contributed by atoms with Crippen LogP contribution in [0.15, 0.2) is 48.5 Å². The summed E-state index contributed by atoms with van der Waals surface area (Å²) in [4.78, 5) is 24.0. The zero-order valence-corrected chi connectivity index (χ0v) is 14.7. The van der Waals surface area contributed by atoms with Crippen molar-refractivity contribution in [2.75, 3.05) is 11.9 Å². The van der Waals surface area contributed by atoms with Crippen molar-refractivity contribution in [2.24, 2.45) is 0 Å². The van der Waals surface area contributed by atoms with Crippen LogP contribution in [-0.4, -0.2) is 24.6 Å². The van der Waals surface area contributed by atoms with Crippen LogP contribution in [0, 0.1) is 6.92 Å². The first-order valence-corrected chi connectivity index (χ1v) is 8.31. The molecule has 0 spiro atoms. The summed E-state index contributed by atoms with van der Waals surface area (Å²) in [5.74, 6) is -0.0899. The number of hydrogen-bond donors (Lipinski definition) is 1. The van der Waals surface area contributed by atoms with Crippen LogP contribution in [0.4, 0.5) is 5.69 Å². The molecule has 132 valence electrons. The average Bonchev–Trinajstić information content (AvgIpc) is 2.62. The molecular weight excluding hydrogens is 318 g/mol. The third-order valence-corrected chi connectivity index (χ3v) is 3.60. The lowest BCUT2D eigenvalue weighted by Crippen LogP contribution is -2.26. The van der Waals surface area contributed by atoms with E-state index in [-0.39, 0.29) is 5.91 Å². The van der Waals surface area contributed by atoms with Gasteiger partial charge in [-0.25, -0.2) is 4.79 Å². The second-order valence-electron chi connectivity index (χ2n) is 5.72. The van der Waals surface area contributed by atoms with Gasteiger partial charge in [-0.15, -0.1) is 0 Å². The summed E-state index contributed by atoms with van der Waals surface area (Å²) in [5, 5.41) is 2.87. The first kappa shape index (κ1) is 18.5. The van der Waals surface area contributed by atoms with Crippen LogP contribution in [0.25, 0.3) is 0 Å². The molecule has 0 aliphatic heterocycles. The Kier molecular flexibility index (Phi) is 6.57. The molecular formula is C20H23NO4. The van der Waals surface area contributed by atoms with E-state index in [4.69, 9.17) is 9.47 Å². The molecule has 0 saturated heterocycles. The number of benzene rings is 2. The van der Waals surface area contributed by atoms with Crippen LogP contribution < -0.4 is 10.1 Å². The minimum Gasteiger partial charge on any atom is -0.479 e. The Hall–Kier alpha value is -2.82. The summed E-state index contributed by atoms with van der Waals surface area (Å²) in [7, 11) is 0. The lowest BCUT2D eigenvalue weighted by Gasteiger charge is -2.14. The van der Waals surface area contributed by atoms with Crippen LogP contribution in [0.3, 0.4) is 0 Å². The maximum absolute atomic E-state index is 12.3. The number of carbonyl (C=O) groups is 2. The Morgan fingerprint density at radius 1 is 1.08 bits per heavy atom. The maximum Gasteiger partial charge on any atom is 0.347 e. The van der Waals surface area contributed by atoms with Crippen molar-refractivity contribution in [1.29, 1.82) is 0 Å². The maximum atomic E-state index is 12.3. The Bertz CT molecular complexity index is 725. The average molecular weight is 341 g/mol. The van der Waals surface area contributed by atoms with E-state index >= 15 is 0 Å². The van der Waals surface area contributed by atoms with Crippen LogP contribution in [0.1, 0.15) is 36.2 Å². The highest BCUT2D eigenvalue weighted by Crippen LogP contribution is 2.17. The van der Waals surface area contributed by atoms with Gasteiger partial charge in [0.1, 0.15) is 5.75 Å². The predicted octanol–water partition coefficient (Wildman–Crippen LogP) is 3.97. The van der Waals surface area contributed by atoms with Crippen molar-refractivity contribution >= 4 is 17.6 Å². The van der Waals surface area contributed by atoms with Gasteiger partial charge in [-0.05, 0) is 56.2 Å². The summed E-state index contributed by atoms with van der Waals surface area (Å²) >= 11 is 0. The molecule has 0 heterocycles. The summed E-state index contributed by atoms with van der Waals surface area (Å²) < 4.78 is 10.6. The van der Waals surface area contributed by atoms with E-state index in [1.54, 1.807) is 31.2 Å². The largest absolute Gasteiger partial charge is 0.479 e. The molecule has 0 aliphatic carbocycles. The van der Waals surface area contributed by atoms with E-state index in [9.17, 15) is 9.59 Å². The molecule has 0 radical (unpaired) electrons. The summed E-state index contributed by atoms with van der Waals surface area (Å²) in [6.07, 6.45) is 0.0709. The van der Waals surface area contributed by atoms with Gasteiger partial charge < -0.3 is 14.8 Å². The molecule has 0 bridgehead atoms. The second-order valence-corrected chi connectivity index (χ2v) is 5.72. The van der Waals surface area contributed by atoms with Crippen molar-refractivity contribution < 1.29 is 19.1 Å². The fraction of sp³-hybridized carbons (Fsp3) is 0.300. The minimum absolute atomic E-state index is 0.198. The molecule has 0 fully saturated rings. The zero-order chi connectivity index (χ0) is 18.2. The molecule has 25 heavy (non-hydrogen) atoms. The van der Waals surface area contributed by atoms with E-state index in [1.807, 2.05) is 38.1 Å². The van der Waals surface area contributed by atoms with Gasteiger partial charge in [0.15, 0.2) is 6.10 Å². The van der Waals surface area contributed by atoms with E-state index in [0.29, 0.717) is 17.9 Å². The van der Waals surface area contributed by atoms with Gasteiger partial charge in [0.25, 0.3) is 5.91 Å². The molecule has 5 nitrogen and oxygen atoms in total. The standard InChI is InChI=1S/C20H23NO4/c1-4-13-24-20(23)15(3)25-17-11-9-16(10-12-17)19(22)21-18-8-6-5-7-14(18)2/h5-12,15H,4,13H2,1-3H3,(H,21,22). The SMILES string of the molecule is CCCOC(=O)C(C)Oc1ccc(C(=O)Nc2ccccc2C)cc1. The first-order chi connectivity index (χ1) is 12.0. The molecule has 2 aromatic rings. The van der Waals surface area contributed by atoms with Gasteiger partial charge in [0, 0.05) is 11.3 Å². The number of ether oxygens (including phenoxy) is 2. The summed E-state index contributed by atoms with van der Waals surface area (Å²) in [5.41, 5.74) is 2.28. The molecule has 1 N–H and O–H groups in total. The quantitative estimate of drug-likeness (QED) is 0.774. The van der Waals surface area contributed by atoms with Gasteiger partial charge in [0.2, 0.25) is 0 Å². The smallest absolute Gasteiger partial charge is 0.347 e. The van der Waals surface area contributed by atoms with Crippen molar-refractivity contribution in [1.82, 2.24) is 0 Å². The zero-order valence-electron chi connectivity index (χ0n) is 14.7. The highest BCUT2D eigenvalue weighted by atomic mass is 16.6. The lowest BCUT2D eigenvalue weighted by molar-refractivity contribution is -0.151. The van der Waals surface area contributed by atoms with Crippen molar-refractivity contribution in [3.05, 3.63) is 59.7 Å². The number of aryl methyl sites for hydroxylation is 1. The number of para-hydroxylation sites is 1. The normalized spacial score (nSPS) is 11.5. The van der Waals surface area contributed by atoms with Crippen LogP contribution in [0.5, 0.6) is 5.75 Å². The summed E-state index contributed by atoms with van der Waals surface area (Å²) in [6.45, 7) is 5.88. The van der Waals surface area contributed by atoms with Gasteiger partial charge in [-0.2, -0.15) is 0 Å². The molecule has 1 unspecified atom stereocenters. The topological polar surface area (TPSA) is 64.6 Å². The fourth-order valence-corrected chi connectivity index (χ4v) is 2.16. The Morgan fingerprint density at radius 3 is 2.40 bits per heavy atom. The number of esters is 1. The van der Waals surface area contributed by atoms with Crippen LogP contribution >= 0.6 is 0 Å². The van der Waals surface area contributed by atoms with Crippen molar-refractivity contribution in [3.8, 4) is 5.75 Å². The number of nitrogens with one attached hydrogen (secondary N) is 1. The van der Waals surface area contributed by atoms with E-state index < -0.39 is 12.1 Å². The van der Waals surface area contributed by atoms with Gasteiger partial charge in [-0.1, -0.05) is 25.1 Å². The number of amides is 1. The molecule has 1 amide bonds. The lowest BCUT2D eigenvalue weighted by atomic mass is 10.1. The third kappa shape index (κ3) is 5.35. The fourth-order valence-electron chi connectivity index (χ4n) is 2.16. The number of anilines is 1. The molecule has 2 aromatic carbocycles. The third-order valence-electron chi connectivity index (χ3n) is 3.60. The number of carbonyl (C=O) groups excluding carboxylic acids is 2. The molecule has 0 saturated carbocycles. The number of rotatable bonds is 7. The monoisotopic (exact) mass is 341 g/mol. The van der Waals surface area contributed by atoms with Gasteiger partial charge in [-0.3, -0.25) is 4.79 Å².